The molecular formula is C15H21NO2. The highest BCUT2D eigenvalue weighted by atomic mass is 16.2. The Labute approximate surface area is 109 Å². The van der Waals surface area contributed by atoms with Gasteiger partial charge in [-0.3, -0.25) is 4.79 Å². The van der Waals surface area contributed by atoms with Gasteiger partial charge in [-0.05, 0) is 38.3 Å². The van der Waals surface area contributed by atoms with Crippen molar-refractivity contribution in [3.8, 4) is 0 Å². The predicted octanol–water partition coefficient (Wildman–Crippen LogP) is 2.33. The normalized spacial score (nSPS) is 10.2. The second-order valence-corrected chi connectivity index (χ2v) is 4.73. The number of ketones is 1. The average molecular weight is 247 g/mol. The van der Waals surface area contributed by atoms with Crippen molar-refractivity contribution in [3.63, 3.8) is 0 Å². The maximum absolute atomic E-state index is 11.4. The van der Waals surface area contributed by atoms with Gasteiger partial charge in [0, 0.05) is 19.4 Å². The van der Waals surface area contributed by atoms with E-state index in [2.05, 4.69) is 37.4 Å². The molecule has 3 nitrogen and oxygen atoms in total. The van der Waals surface area contributed by atoms with Crippen molar-refractivity contribution in [1.29, 1.82) is 0 Å². The summed E-state index contributed by atoms with van der Waals surface area (Å²) in [7, 11) is 0. The van der Waals surface area contributed by atoms with Crippen LogP contribution in [0.25, 0.3) is 0 Å². The van der Waals surface area contributed by atoms with Gasteiger partial charge in [-0.15, -0.1) is 0 Å². The number of carbonyl (C=O) groups is 2. The zero-order chi connectivity index (χ0) is 13.5. The first-order valence-electron chi connectivity index (χ1n) is 6.31. The lowest BCUT2D eigenvalue weighted by molar-refractivity contribution is -0.124. The van der Waals surface area contributed by atoms with E-state index in [1.807, 2.05) is 0 Å². The summed E-state index contributed by atoms with van der Waals surface area (Å²) in [6, 6.07) is 6.33. The second-order valence-electron chi connectivity index (χ2n) is 4.73. The molecule has 0 aliphatic rings. The third kappa shape index (κ3) is 5.13. The van der Waals surface area contributed by atoms with Crippen molar-refractivity contribution >= 4 is 11.7 Å². The molecule has 1 N–H and O–H groups in total. The Bertz CT molecular complexity index is 438. The van der Waals surface area contributed by atoms with Crippen LogP contribution >= 0.6 is 0 Å². The van der Waals surface area contributed by atoms with Gasteiger partial charge < -0.3 is 10.1 Å². The molecular weight excluding hydrogens is 226 g/mol. The molecule has 1 aromatic rings. The molecule has 1 amide bonds. The van der Waals surface area contributed by atoms with E-state index in [9.17, 15) is 9.59 Å². The molecule has 1 aromatic carbocycles. The van der Waals surface area contributed by atoms with Gasteiger partial charge in [0.15, 0.2) is 0 Å². The van der Waals surface area contributed by atoms with Crippen LogP contribution < -0.4 is 5.32 Å². The van der Waals surface area contributed by atoms with Crippen LogP contribution in [0.4, 0.5) is 0 Å². The molecule has 0 bridgehead atoms. The number of amides is 1. The molecule has 0 saturated heterocycles. The van der Waals surface area contributed by atoms with Crippen molar-refractivity contribution in [3.05, 3.63) is 34.9 Å². The molecule has 18 heavy (non-hydrogen) atoms. The van der Waals surface area contributed by atoms with Crippen LogP contribution in [0.3, 0.4) is 0 Å². The zero-order valence-electron chi connectivity index (χ0n) is 11.4. The monoisotopic (exact) mass is 247 g/mol. The summed E-state index contributed by atoms with van der Waals surface area (Å²) in [5.74, 6) is 0.00879. The zero-order valence-corrected chi connectivity index (χ0v) is 11.4. The first-order chi connectivity index (χ1) is 8.49. The fraction of sp³-hybridized carbons (Fsp3) is 0.467. The van der Waals surface area contributed by atoms with Crippen LogP contribution in [0.1, 0.15) is 36.5 Å². The number of Topliss-reactive ketones (excluding diaryl/α,β-unsaturated/α-hetero) is 1. The van der Waals surface area contributed by atoms with E-state index in [-0.39, 0.29) is 11.7 Å². The van der Waals surface area contributed by atoms with Crippen LogP contribution in [-0.2, 0) is 16.0 Å². The molecule has 0 aliphatic carbocycles. The fourth-order valence-corrected chi connectivity index (χ4v) is 1.84. The van der Waals surface area contributed by atoms with Gasteiger partial charge in [0.1, 0.15) is 5.78 Å². The maximum Gasteiger partial charge on any atom is 0.220 e. The van der Waals surface area contributed by atoms with E-state index in [4.69, 9.17) is 0 Å². The molecule has 0 aliphatic heterocycles. The molecule has 0 heterocycles. The first-order valence-corrected chi connectivity index (χ1v) is 6.31. The largest absolute Gasteiger partial charge is 0.356 e. The Balaban J connectivity index is 2.33. The quantitative estimate of drug-likeness (QED) is 0.838. The minimum Gasteiger partial charge on any atom is -0.356 e. The summed E-state index contributed by atoms with van der Waals surface area (Å²) >= 11 is 0. The summed E-state index contributed by atoms with van der Waals surface area (Å²) in [6.07, 6.45) is 1.45. The molecule has 98 valence electrons. The van der Waals surface area contributed by atoms with Gasteiger partial charge in [0.25, 0.3) is 0 Å². The average Bonchev–Trinajstić information content (AvgIpc) is 2.29. The highest BCUT2D eigenvalue weighted by molar-refractivity contribution is 5.83. The minimum absolute atomic E-state index is 0.0463. The molecule has 0 spiro atoms. The van der Waals surface area contributed by atoms with Crippen molar-refractivity contribution in [2.75, 3.05) is 6.54 Å². The molecule has 0 aromatic heterocycles. The van der Waals surface area contributed by atoms with Gasteiger partial charge in [-0.25, -0.2) is 0 Å². The Kier molecular flexibility index (Phi) is 5.56. The molecule has 1 rings (SSSR count). The molecule has 0 unspecified atom stereocenters. The lowest BCUT2D eigenvalue weighted by Crippen LogP contribution is -2.26. The van der Waals surface area contributed by atoms with Gasteiger partial charge in [-0.1, -0.05) is 23.8 Å². The summed E-state index contributed by atoms with van der Waals surface area (Å²) in [4.78, 5) is 22.2. The Hall–Kier alpha value is -1.64. The Morgan fingerprint density at radius 2 is 1.89 bits per heavy atom. The SMILES string of the molecule is CC(=O)CCC(=O)NCCc1ccc(C)cc1C. The number of aryl methyl sites for hydroxylation is 2. The smallest absolute Gasteiger partial charge is 0.220 e. The first kappa shape index (κ1) is 14.4. The van der Waals surface area contributed by atoms with E-state index in [0.717, 1.165) is 6.42 Å². The minimum atomic E-state index is -0.0463. The lowest BCUT2D eigenvalue weighted by atomic mass is 10.0. The highest BCUT2D eigenvalue weighted by Crippen LogP contribution is 2.10. The predicted molar refractivity (Wildman–Crippen MR) is 72.5 cm³/mol. The summed E-state index contributed by atoms with van der Waals surface area (Å²) in [5.41, 5.74) is 3.77. The summed E-state index contributed by atoms with van der Waals surface area (Å²) in [5, 5.41) is 2.84. The number of carbonyl (C=O) groups excluding carboxylic acids is 2. The molecule has 3 heteroatoms. The number of hydrogen-bond donors (Lipinski definition) is 1. The third-order valence-corrected chi connectivity index (χ3v) is 2.92. The molecule has 0 fully saturated rings. The van der Waals surface area contributed by atoms with Crippen molar-refractivity contribution in [2.45, 2.75) is 40.0 Å². The number of rotatable bonds is 6. The van der Waals surface area contributed by atoms with E-state index in [0.29, 0.717) is 19.4 Å². The Morgan fingerprint density at radius 1 is 1.17 bits per heavy atom. The maximum atomic E-state index is 11.4. The second kappa shape index (κ2) is 6.94. The van der Waals surface area contributed by atoms with Gasteiger partial charge in [0.2, 0.25) is 5.91 Å². The molecule has 0 radical (unpaired) electrons. The number of hydrogen-bond acceptors (Lipinski definition) is 2. The molecule has 0 atom stereocenters. The van der Waals surface area contributed by atoms with Crippen LogP contribution in [-0.4, -0.2) is 18.2 Å². The summed E-state index contributed by atoms with van der Waals surface area (Å²) in [6.45, 7) is 6.28. The van der Waals surface area contributed by atoms with E-state index >= 15 is 0 Å². The van der Waals surface area contributed by atoms with Crippen LogP contribution in [0, 0.1) is 13.8 Å². The van der Waals surface area contributed by atoms with Crippen molar-refractivity contribution < 1.29 is 9.59 Å². The number of benzene rings is 1. The van der Waals surface area contributed by atoms with E-state index < -0.39 is 0 Å². The number of nitrogens with one attached hydrogen (secondary N) is 1. The van der Waals surface area contributed by atoms with Crippen LogP contribution in [0.5, 0.6) is 0 Å². The van der Waals surface area contributed by atoms with Gasteiger partial charge in [0.05, 0.1) is 0 Å². The van der Waals surface area contributed by atoms with Crippen molar-refractivity contribution in [2.24, 2.45) is 0 Å². The van der Waals surface area contributed by atoms with Crippen LogP contribution in [0.2, 0.25) is 0 Å². The highest BCUT2D eigenvalue weighted by Gasteiger charge is 2.04. The summed E-state index contributed by atoms with van der Waals surface area (Å²) < 4.78 is 0. The third-order valence-electron chi connectivity index (χ3n) is 2.92. The fourth-order valence-electron chi connectivity index (χ4n) is 1.84. The van der Waals surface area contributed by atoms with E-state index in [1.54, 1.807) is 0 Å². The van der Waals surface area contributed by atoms with Gasteiger partial charge in [-0.2, -0.15) is 0 Å². The Morgan fingerprint density at radius 3 is 2.50 bits per heavy atom. The molecule has 0 saturated carbocycles. The standard InChI is InChI=1S/C15H21NO2/c1-11-4-6-14(12(2)10-11)8-9-16-15(18)7-5-13(3)17/h4,6,10H,5,7-9H2,1-3H3,(H,16,18). The van der Waals surface area contributed by atoms with Crippen molar-refractivity contribution in [1.82, 2.24) is 5.32 Å². The topological polar surface area (TPSA) is 46.2 Å². The van der Waals surface area contributed by atoms with Gasteiger partial charge >= 0.3 is 0 Å². The van der Waals surface area contributed by atoms with E-state index in [1.165, 1.54) is 23.6 Å². The van der Waals surface area contributed by atoms with Crippen LogP contribution in [0.15, 0.2) is 18.2 Å². The lowest BCUT2D eigenvalue weighted by Gasteiger charge is -2.08.